The van der Waals surface area contributed by atoms with Gasteiger partial charge in [-0.25, -0.2) is 4.98 Å². The van der Waals surface area contributed by atoms with E-state index in [-0.39, 0.29) is 11.8 Å². The largest absolute Gasteiger partial charge is 0.338 e. The predicted molar refractivity (Wildman–Crippen MR) is 149 cm³/mol. The Balaban J connectivity index is 1.24. The Kier molecular flexibility index (Phi) is 6.08. The lowest BCUT2D eigenvalue weighted by Crippen LogP contribution is -2.30. The van der Waals surface area contributed by atoms with Crippen LogP contribution in [0, 0.1) is 0 Å². The lowest BCUT2D eigenvalue weighted by Gasteiger charge is -2.23. The number of aromatic nitrogens is 2. The Hall–Kier alpha value is -5.30. The van der Waals surface area contributed by atoms with Gasteiger partial charge in [0.05, 0.1) is 17.9 Å². The number of amides is 2. The molecular formula is C31H23N5O2. The van der Waals surface area contributed by atoms with Gasteiger partial charge < -0.3 is 15.5 Å². The van der Waals surface area contributed by atoms with E-state index in [0.717, 1.165) is 33.9 Å². The van der Waals surface area contributed by atoms with Crippen molar-refractivity contribution in [3.8, 4) is 11.1 Å². The van der Waals surface area contributed by atoms with Crippen molar-refractivity contribution in [1.29, 1.82) is 0 Å². The molecule has 0 bridgehead atoms. The molecule has 3 aromatic carbocycles. The Morgan fingerprint density at radius 2 is 1.61 bits per heavy atom. The van der Waals surface area contributed by atoms with Gasteiger partial charge in [-0.3, -0.25) is 14.6 Å². The van der Waals surface area contributed by atoms with E-state index in [2.05, 4.69) is 20.6 Å². The molecule has 2 N–H and O–H groups in total. The van der Waals surface area contributed by atoms with Gasteiger partial charge in [-0.1, -0.05) is 42.5 Å². The predicted octanol–water partition coefficient (Wildman–Crippen LogP) is 6.30. The number of rotatable bonds is 4. The maximum Gasteiger partial charge on any atom is 0.258 e. The molecule has 184 valence electrons. The van der Waals surface area contributed by atoms with Gasteiger partial charge >= 0.3 is 0 Å². The maximum absolute atomic E-state index is 13.7. The molecule has 0 aliphatic carbocycles. The van der Waals surface area contributed by atoms with Gasteiger partial charge in [-0.05, 0) is 60.2 Å². The average molecular weight is 498 g/mol. The summed E-state index contributed by atoms with van der Waals surface area (Å²) < 4.78 is 0. The quantitative estimate of drug-likeness (QED) is 0.304. The van der Waals surface area contributed by atoms with Crippen LogP contribution in [0.25, 0.3) is 11.1 Å². The Labute approximate surface area is 219 Å². The molecule has 2 aromatic heterocycles. The number of benzene rings is 3. The van der Waals surface area contributed by atoms with Crippen molar-refractivity contribution in [2.24, 2.45) is 0 Å². The number of carbonyl (C=O) groups excluding carboxylic acids is 2. The summed E-state index contributed by atoms with van der Waals surface area (Å²) in [6.45, 7) is 0.385. The van der Waals surface area contributed by atoms with Crippen molar-refractivity contribution < 1.29 is 9.59 Å². The first kappa shape index (κ1) is 23.1. The molecule has 1 aliphatic heterocycles. The monoisotopic (exact) mass is 497 g/mol. The number of para-hydroxylation sites is 2. The highest BCUT2D eigenvalue weighted by molar-refractivity contribution is 6.10. The Bertz CT molecular complexity index is 1630. The lowest BCUT2D eigenvalue weighted by molar-refractivity contribution is 0.0984. The molecule has 3 heterocycles. The topological polar surface area (TPSA) is 87.2 Å². The maximum atomic E-state index is 13.7. The Morgan fingerprint density at radius 3 is 2.45 bits per heavy atom. The minimum Gasteiger partial charge on any atom is -0.338 e. The second kappa shape index (κ2) is 9.99. The molecule has 0 unspecified atom stereocenters. The van der Waals surface area contributed by atoms with Gasteiger partial charge in [-0.15, -0.1) is 0 Å². The lowest BCUT2D eigenvalue weighted by atomic mass is 10.0. The molecule has 2 amide bonds. The standard InChI is InChI=1S/C31H23N5O2/c37-30(26-10-2-1-9-25(26)22-7-5-17-32-19-22)34-24-15-13-21(14-16-24)31(38)36-20-23-8-6-18-33-29(23)35-27-11-3-4-12-28(27)36/h1-19H,20H2,(H,33,35)(H,34,37). The number of nitrogens with one attached hydrogen (secondary N) is 2. The summed E-state index contributed by atoms with van der Waals surface area (Å²) >= 11 is 0. The summed E-state index contributed by atoms with van der Waals surface area (Å²) in [4.78, 5) is 37.2. The fourth-order valence-corrected chi connectivity index (χ4v) is 4.56. The summed E-state index contributed by atoms with van der Waals surface area (Å²) in [6, 6.07) is 29.6. The fourth-order valence-electron chi connectivity index (χ4n) is 4.56. The van der Waals surface area contributed by atoms with Crippen LogP contribution in [0.5, 0.6) is 0 Å². The molecule has 1 aliphatic rings. The molecule has 0 saturated carbocycles. The van der Waals surface area contributed by atoms with Crippen LogP contribution in [-0.4, -0.2) is 21.8 Å². The smallest absolute Gasteiger partial charge is 0.258 e. The van der Waals surface area contributed by atoms with Crippen LogP contribution in [0.3, 0.4) is 0 Å². The SMILES string of the molecule is O=C(Nc1ccc(C(=O)N2Cc3cccnc3Nc3ccccc32)cc1)c1ccccc1-c1cccnc1. The van der Waals surface area contributed by atoms with Crippen LogP contribution >= 0.6 is 0 Å². The molecule has 6 rings (SSSR count). The highest BCUT2D eigenvalue weighted by Gasteiger charge is 2.25. The summed E-state index contributed by atoms with van der Waals surface area (Å²) in [5, 5.41) is 6.30. The van der Waals surface area contributed by atoms with E-state index in [1.807, 2.05) is 66.7 Å². The van der Waals surface area contributed by atoms with Gasteiger partial charge in [0.1, 0.15) is 5.82 Å². The normalized spacial score (nSPS) is 11.9. The van der Waals surface area contributed by atoms with Crippen LogP contribution in [0.15, 0.2) is 116 Å². The van der Waals surface area contributed by atoms with Crippen molar-refractivity contribution in [1.82, 2.24) is 9.97 Å². The highest BCUT2D eigenvalue weighted by Crippen LogP contribution is 2.35. The van der Waals surface area contributed by atoms with Crippen molar-refractivity contribution in [3.05, 3.63) is 132 Å². The summed E-state index contributed by atoms with van der Waals surface area (Å²) in [5.74, 6) is 0.357. The number of nitrogens with zero attached hydrogens (tertiary/aromatic N) is 3. The van der Waals surface area contributed by atoms with Gasteiger partial charge in [-0.2, -0.15) is 0 Å². The van der Waals surface area contributed by atoms with E-state index in [1.165, 1.54) is 0 Å². The zero-order chi connectivity index (χ0) is 25.9. The van der Waals surface area contributed by atoms with Crippen LogP contribution in [0.1, 0.15) is 26.3 Å². The van der Waals surface area contributed by atoms with Crippen molar-refractivity contribution in [3.63, 3.8) is 0 Å². The first-order chi connectivity index (χ1) is 18.7. The van der Waals surface area contributed by atoms with Crippen LogP contribution < -0.4 is 15.5 Å². The molecule has 0 fully saturated rings. The van der Waals surface area contributed by atoms with E-state index < -0.39 is 0 Å². The van der Waals surface area contributed by atoms with Crippen molar-refractivity contribution in [2.45, 2.75) is 6.54 Å². The van der Waals surface area contributed by atoms with Gasteiger partial charge in [0, 0.05) is 46.5 Å². The van der Waals surface area contributed by atoms with E-state index in [4.69, 9.17) is 0 Å². The summed E-state index contributed by atoms with van der Waals surface area (Å²) in [5.41, 5.74) is 5.83. The number of hydrogen-bond acceptors (Lipinski definition) is 5. The number of hydrogen-bond donors (Lipinski definition) is 2. The fraction of sp³-hybridized carbons (Fsp3) is 0.0323. The molecular weight excluding hydrogens is 474 g/mol. The van der Waals surface area contributed by atoms with Crippen LogP contribution in [0.4, 0.5) is 22.9 Å². The molecule has 5 aromatic rings. The van der Waals surface area contributed by atoms with Crippen LogP contribution in [-0.2, 0) is 6.54 Å². The molecule has 0 spiro atoms. The minimum atomic E-state index is -0.236. The minimum absolute atomic E-state index is 0.143. The average Bonchev–Trinajstić information content (AvgIpc) is 3.14. The summed E-state index contributed by atoms with van der Waals surface area (Å²) in [6.07, 6.45) is 5.16. The molecule has 7 heteroatoms. The third-order valence-electron chi connectivity index (χ3n) is 6.45. The van der Waals surface area contributed by atoms with Crippen molar-refractivity contribution in [2.75, 3.05) is 15.5 Å². The molecule has 0 saturated heterocycles. The van der Waals surface area contributed by atoms with E-state index in [1.54, 1.807) is 53.8 Å². The third-order valence-corrected chi connectivity index (χ3v) is 6.45. The molecule has 0 radical (unpaired) electrons. The number of pyridine rings is 2. The third kappa shape index (κ3) is 4.49. The van der Waals surface area contributed by atoms with E-state index in [0.29, 0.717) is 23.4 Å². The van der Waals surface area contributed by atoms with Crippen molar-refractivity contribution >= 4 is 34.7 Å². The number of carbonyl (C=O) groups is 2. The zero-order valence-corrected chi connectivity index (χ0v) is 20.3. The second-order valence-electron chi connectivity index (χ2n) is 8.86. The second-order valence-corrected chi connectivity index (χ2v) is 8.86. The van der Waals surface area contributed by atoms with Gasteiger partial charge in [0.2, 0.25) is 0 Å². The Morgan fingerprint density at radius 1 is 0.816 bits per heavy atom. The van der Waals surface area contributed by atoms with E-state index in [9.17, 15) is 9.59 Å². The molecule has 7 nitrogen and oxygen atoms in total. The van der Waals surface area contributed by atoms with Crippen LogP contribution in [0.2, 0.25) is 0 Å². The van der Waals surface area contributed by atoms with Gasteiger partial charge in [0.25, 0.3) is 11.8 Å². The first-order valence-corrected chi connectivity index (χ1v) is 12.2. The van der Waals surface area contributed by atoms with E-state index >= 15 is 0 Å². The number of fused-ring (bicyclic) bond motifs is 2. The van der Waals surface area contributed by atoms with Gasteiger partial charge in [0.15, 0.2) is 0 Å². The molecule has 38 heavy (non-hydrogen) atoms. The first-order valence-electron chi connectivity index (χ1n) is 12.2. The molecule has 0 atom stereocenters. The highest BCUT2D eigenvalue weighted by atomic mass is 16.2. The summed E-state index contributed by atoms with van der Waals surface area (Å²) in [7, 11) is 0. The zero-order valence-electron chi connectivity index (χ0n) is 20.3. The number of anilines is 4.